The first kappa shape index (κ1) is 56.3. The van der Waals surface area contributed by atoms with Gasteiger partial charge in [0.05, 0.1) is 26.2 Å². The molecule has 1 heterocycles. The first-order valence-electron chi connectivity index (χ1n) is 21.6. The number of carbonyl (C=O) groups excluding carboxylic acids is 5. The van der Waals surface area contributed by atoms with E-state index in [1.165, 1.54) is 90.3 Å². The molecule has 0 spiro atoms. The van der Waals surface area contributed by atoms with E-state index in [0.717, 1.165) is 47.0 Å². The molecule has 1 saturated heterocycles. The number of rotatable bonds is 31. The molecule has 59 heavy (non-hydrogen) atoms. The van der Waals surface area contributed by atoms with Crippen molar-refractivity contribution in [3.8, 4) is 0 Å². The normalized spacial score (nSPS) is 20.4. The Hall–Kier alpha value is -2.66. The maximum absolute atomic E-state index is 12.8. The van der Waals surface area contributed by atoms with Crippen molar-refractivity contribution in [3.05, 3.63) is 0 Å². The van der Waals surface area contributed by atoms with Crippen LogP contribution in [0, 0.1) is 0 Å². The Morgan fingerprint density at radius 2 is 1.07 bits per heavy atom. The molecule has 0 aromatic carbocycles. The maximum Gasteiger partial charge on any atom is 0.305 e. The Morgan fingerprint density at radius 1 is 0.627 bits per heavy atom. The molecule has 0 aromatic heterocycles. The fourth-order valence-corrected chi connectivity index (χ4v) is 7.15. The number of aliphatic hydroxyl groups is 1. The Morgan fingerprint density at radius 3 is 1.49 bits per heavy atom. The van der Waals surface area contributed by atoms with Gasteiger partial charge in [0.25, 0.3) is 7.82 Å². The molecule has 1 rings (SSSR count). The lowest BCUT2D eigenvalue weighted by molar-refractivity contribution is -0.894. The molecule has 2 N–H and O–H groups in total. The quantitative estimate of drug-likeness (QED) is 0.0418. The van der Waals surface area contributed by atoms with Crippen LogP contribution in [-0.4, -0.2) is 111 Å². The van der Waals surface area contributed by atoms with Crippen LogP contribution in [0.4, 0.5) is 0 Å². The van der Waals surface area contributed by atoms with Crippen molar-refractivity contribution in [2.45, 2.75) is 195 Å². The van der Waals surface area contributed by atoms with Crippen molar-refractivity contribution in [1.29, 1.82) is 0 Å². The molecule has 0 aliphatic carbocycles. The average Bonchev–Trinajstić information content (AvgIpc) is 3.16. The van der Waals surface area contributed by atoms with Crippen molar-refractivity contribution >= 4 is 37.7 Å². The van der Waals surface area contributed by atoms with Gasteiger partial charge >= 0.3 is 29.8 Å². The zero-order chi connectivity index (χ0) is 44.6. The lowest BCUT2D eigenvalue weighted by Gasteiger charge is -2.45. The summed E-state index contributed by atoms with van der Waals surface area (Å²) in [5.74, 6) is -4.08. The minimum Gasteiger partial charge on any atom is -0.756 e. The van der Waals surface area contributed by atoms with E-state index in [-0.39, 0.29) is 6.42 Å². The van der Waals surface area contributed by atoms with Gasteiger partial charge in [0.1, 0.15) is 25.4 Å². The third-order valence-corrected chi connectivity index (χ3v) is 10.5. The predicted molar refractivity (Wildman–Crippen MR) is 216 cm³/mol. The fourth-order valence-electron chi connectivity index (χ4n) is 6.31. The van der Waals surface area contributed by atoms with Crippen LogP contribution in [0.15, 0.2) is 0 Å². The number of unbranched alkanes of at least 4 members (excludes halogenated alkanes) is 14. The van der Waals surface area contributed by atoms with Crippen molar-refractivity contribution in [1.82, 2.24) is 0 Å². The number of esters is 5. The van der Waals surface area contributed by atoms with Crippen LogP contribution in [-0.2, 0) is 66.0 Å². The number of quaternary nitrogens is 1. The van der Waals surface area contributed by atoms with Gasteiger partial charge in [-0.25, -0.2) is 0 Å². The molecule has 6 unspecified atom stereocenters. The van der Waals surface area contributed by atoms with E-state index in [4.69, 9.17) is 37.5 Å². The van der Waals surface area contributed by atoms with Crippen LogP contribution >= 0.6 is 7.82 Å². The topological polar surface area (TPSA) is 224 Å². The highest BCUT2D eigenvalue weighted by molar-refractivity contribution is 7.45. The molecule has 1 aliphatic heterocycles. The molecule has 1 fully saturated rings. The summed E-state index contributed by atoms with van der Waals surface area (Å²) in [7, 11) is -5.38. The summed E-state index contributed by atoms with van der Waals surface area (Å²) in [5.41, 5.74) is 0. The largest absolute Gasteiger partial charge is 0.756 e. The maximum atomic E-state index is 12.8. The first-order chi connectivity index (χ1) is 28.0. The Labute approximate surface area is 352 Å². The second-order valence-corrected chi connectivity index (χ2v) is 16.1. The number of ether oxygens (including phenoxy) is 6. The molecule has 0 aromatic rings. The highest BCUT2D eigenvalue weighted by atomic mass is 31.2. The Kier molecular flexibility index (Phi) is 32.5. The molecule has 0 radical (unpaired) electrons. The molecule has 1 aliphatic rings. The van der Waals surface area contributed by atoms with E-state index >= 15 is 0 Å². The Balaban J connectivity index is 0.00000438. The van der Waals surface area contributed by atoms with Crippen LogP contribution < -0.4 is 9.79 Å². The van der Waals surface area contributed by atoms with E-state index in [0.29, 0.717) is 6.42 Å². The van der Waals surface area contributed by atoms with Crippen LogP contribution in [0.1, 0.15) is 158 Å². The zero-order valence-electron chi connectivity index (χ0n) is 37.0. The second-order valence-electron chi connectivity index (χ2n) is 14.8. The van der Waals surface area contributed by atoms with Crippen molar-refractivity contribution in [3.63, 3.8) is 0 Å². The number of hydrogen-bond donors (Lipinski definition) is 2. The third-order valence-electron chi connectivity index (χ3n) is 9.53. The zero-order valence-corrected chi connectivity index (χ0v) is 37.9. The van der Waals surface area contributed by atoms with Crippen molar-refractivity contribution < 1.29 is 80.9 Å². The molecule has 0 amide bonds. The summed E-state index contributed by atoms with van der Waals surface area (Å²) in [6.45, 7) is 14.8. The monoisotopic (exact) mass is 869 g/mol. The number of nitrogens with one attached hydrogen (secondary N) is 1. The minimum atomic E-state index is -5.38. The third kappa shape index (κ3) is 29.3. The van der Waals surface area contributed by atoms with Gasteiger partial charge in [-0.1, -0.05) is 96.8 Å². The predicted octanol–water partition coefficient (Wildman–Crippen LogP) is 4.67. The van der Waals surface area contributed by atoms with Gasteiger partial charge in [-0.3, -0.25) is 33.1 Å². The number of phosphoric ester groups is 1. The summed E-state index contributed by atoms with van der Waals surface area (Å²) >= 11 is 0. The summed E-state index contributed by atoms with van der Waals surface area (Å²) in [5, 5.41) is 10.2. The highest BCUT2D eigenvalue weighted by Crippen LogP contribution is 2.44. The smallest absolute Gasteiger partial charge is 0.305 e. The van der Waals surface area contributed by atoms with Crippen LogP contribution in [0.25, 0.3) is 0 Å². The van der Waals surface area contributed by atoms with Crippen molar-refractivity contribution in [2.24, 2.45) is 0 Å². The van der Waals surface area contributed by atoms with Gasteiger partial charge in [0, 0.05) is 34.1 Å². The number of hydrogen-bond acceptors (Lipinski definition) is 16. The number of aliphatic hydroxyl groups excluding tert-OH is 1. The molecule has 0 bridgehead atoms. The van der Waals surface area contributed by atoms with Crippen LogP contribution in [0.3, 0.4) is 0 Å². The standard InChI is InChI=1S/C35H61O16P.C6H15N/c1-6-7-8-9-10-11-12-13-14-15-16-17-18-19-20-21-31(41)45-22-29(40)23-46-52(42,43)51-35-34(49-28(5)39)33(48-27(4)38)32(47-26(3)37)30(50-35)24-44-25(2)36;1-4-7(5-2)6-3/h29-30,32-35,40H,6-24H2,1-5H3,(H,42,43);4-6H2,1-3H3/t29-,30?,32?,33?,34?,35?;/m1./s1. The average molecular weight is 870 g/mol. The summed E-state index contributed by atoms with van der Waals surface area (Å²) in [4.78, 5) is 73.7. The molecule has 17 nitrogen and oxygen atoms in total. The molecule has 7 atom stereocenters. The van der Waals surface area contributed by atoms with E-state index < -0.39 is 94.3 Å². The van der Waals surface area contributed by atoms with Gasteiger partial charge in [-0.05, 0) is 27.2 Å². The molecule has 346 valence electrons. The van der Waals surface area contributed by atoms with Gasteiger partial charge < -0.3 is 47.8 Å². The molecule has 18 heteroatoms. The van der Waals surface area contributed by atoms with E-state index in [1.54, 1.807) is 4.90 Å². The molecule has 0 saturated carbocycles. The van der Waals surface area contributed by atoms with Gasteiger partial charge in [-0.2, -0.15) is 0 Å². The summed E-state index contributed by atoms with van der Waals surface area (Å²) < 4.78 is 53.6. The number of carbonyl (C=O) groups is 5. The van der Waals surface area contributed by atoms with Crippen LogP contribution in [0.5, 0.6) is 0 Å². The molecular formula is C41H76NO16P. The summed E-state index contributed by atoms with van der Waals surface area (Å²) in [6, 6.07) is 0. The van der Waals surface area contributed by atoms with E-state index in [1.807, 2.05) is 0 Å². The Bertz CT molecular complexity index is 1210. The van der Waals surface area contributed by atoms with Gasteiger partial charge in [0.2, 0.25) is 6.29 Å². The van der Waals surface area contributed by atoms with E-state index in [2.05, 4.69) is 27.7 Å². The van der Waals surface area contributed by atoms with Gasteiger partial charge in [0.15, 0.2) is 18.3 Å². The minimum absolute atomic E-state index is 0.151. The second kappa shape index (κ2) is 34.0. The van der Waals surface area contributed by atoms with Gasteiger partial charge in [-0.15, -0.1) is 0 Å². The highest BCUT2D eigenvalue weighted by Gasteiger charge is 2.53. The first-order valence-corrected chi connectivity index (χ1v) is 23.1. The van der Waals surface area contributed by atoms with E-state index in [9.17, 15) is 38.5 Å². The summed E-state index contributed by atoms with van der Waals surface area (Å²) in [6.07, 6.45) is 7.97. The SMILES string of the molecule is CCCCCCCCCCCCCCCCCC(=O)OC[C@@H](O)COP(=O)([O-])OC1OC(COC(C)=O)C(OC(C)=O)C(OC(C)=O)C1OC(C)=O.CC[NH+](CC)CC. The van der Waals surface area contributed by atoms with Crippen LogP contribution in [0.2, 0.25) is 0 Å². The lowest BCUT2D eigenvalue weighted by Crippen LogP contribution is -3.11. The molecular weight excluding hydrogens is 793 g/mol. The number of phosphoric acid groups is 1. The van der Waals surface area contributed by atoms with Crippen molar-refractivity contribution in [2.75, 3.05) is 39.5 Å². The fraction of sp³-hybridized carbons (Fsp3) is 0.878. The lowest BCUT2D eigenvalue weighted by atomic mass is 9.98.